The molecule has 20 heteroatoms. The fourth-order valence-corrected chi connectivity index (χ4v) is 15.4. The van der Waals surface area contributed by atoms with E-state index in [9.17, 15) is 28.8 Å². The fourth-order valence-electron chi connectivity index (χ4n) is 14.7. The van der Waals surface area contributed by atoms with Crippen molar-refractivity contribution in [1.82, 2.24) is 10.6 Å². The quantitative estimate of drug-likeness (QED) is 0.0649. The summed E-state index contributed by atoms with van der Waals surface area (Å²) in [7, 11) is 0. The Morgan fingerprint density at radius 3 is 1.50 bits per heavy atom. The average molecular weight is 1240 g/mol. The summed E-state index contributed by atoms with van der Waals surface area (Å²) in [4.78, 5) is 80.6. The Morgan fingerprint density at radius 1 is 0.667 bits per heavy atom. The van der Waals surface area contributed by atoms with E-state index in [2.05, 4.69) is 62.8 Å². The monoisotopic (exact) mass is 1230 g/mol. The van der Waals surface area contributed by atoms with Crippen molar-refractivity contribution in [2.45, 2.75) is 184 Å². The van der Waals surface area contributed by atoms with Gasteiger partial charge in [-0.15, -0.1) is 0 Å². The van der Waals surface area contributed by atoms with Gasteiger partial charge in [0, 0.05) is 58.2 Å². The van der Waals surface area contributed by atoms with Crippen molar-refractivity contribution in [3.05, 3.63) is 127 Å². The summed E-state index contributed by atoms with van der Waals surface area (Å²) >= 11 is 25.2. The van der Waals surface area contributed by atoms with Gasteiger partial charge in [-0.1, -0.05) is 124 Å². The summed E-state index contributed by atoms with van der Waals surface area (Å²) in [6.45, 7) is 15.7. The van der Waals surface area contributed by atoms with E-state index >= 15 is 8.78 Å². The second kappa shape index (κ2) is 24.3. The van der Waals surface area contributed by atoms with Crippen LogP contribution in [0.1, 0.15) is 154 Å². The van der Waals surface area contributed by atoms with Crippen LogP contribution in [0, 0.1) is 34.3 Å². The number of esters is 2. The highest BCUT2D eigenvalue weighted by atomic mass is 35.5. The normalized spacial score (nSPS) is 29.9. The van der Waals surface area contributed by atoms with E-state index in [1.54, 1.807) is 61.5 Å². The summed E-state index contributed by atoms with van der Waals surface area (Å²) in [5.74, 6) is -4.64. The third-order valence-corrected chi connectivity index (χ3v) is 19.0. The molecule has 2 spiro atoms. The molecule has 0 unspecified atom stereocenters. The molecule has 10 rings (SSSR count). The van der Waals surface area contributed by atoms with Crippen LogP contribution < -0.4 is 32.7 Å². The Labute approximate surface area is 510 Å². The number of halogens is 6. The number of nitrogens with two attached hydrogens (primary N) is 2. The van der Waals surface area contributed by atoms with Gasteiger partial charge in [-0.3, -0.25) is 28.8 Å². The van der Waals surface area contributed by atoms with Gasteiger partial charge in [-0.05, 0) is 147 Å². The lowest BCUT2D eigenvalue weighted by atomic mass is 9.61. The van der Waals surface area contributed by atoms with Crippen molar-refractivity contribution in [1.29, 1.82) is 0 Å². The van der Waals surface area contributed by atoms with Crippen LogP contribution in [0.4, 0.5) is 20.2 Å². The number of hydrogen-bond acceptors (Lipinski definition) is 12. The fraction of sp³-hybridized carbons (Fsp3) is 0.531. The Kier molecular flexibility index (Phi) is 18.3. The van der Waals surface area contributed by atoms with Gasteiger partial charge >= 0.3 is 11.9 Å². The zero-order valence-electron chi connectivity index (χ0n) is 48.7. The van der Waals surface area contributed by atoms with Gasteiger partial charge in [0.05, 0.1) is 28.7 Å². The van der Waals surface area contributed by atoms with E-state index in [4.69, 9.17) is 67.3 Å². The van der Waals surface area contributed by atoms with Crippen molar-refractivity contribution in [3.8, 4) is 0 Å². The minimum Gasteiger partial charge on any atom is -0.461 e. The molecule has 6 aliphatic rings. The van der Waals surface area contributed by atoms with Gasteiger partial charge < -0.3 is 42.2 Å². The molecule has 0 aromatic heterocycles. The van der Waals surface area contributed by atoms with Gasteiger partial charge in [-0.25, -0.2) is 8.78 Å². The number of rotatable bonds is 14. The first-order valence-electron chi connectivity index (χ1n) is 29.0. The molecule has 2 amide bonds. The summed E-state index contributed by atoms with van der Waals surface area (Å²) in [6, 6.07) is 16.6. The van der Waals surface area contributed by atoms with Gasteiger partial charge in [0.15, 0.2) is 11.6 Å². The number of ketones is 2. The highest BCUT2D eigenvalue weighted by molar-refractivity contribution is 6.32. The third-order valence-electron chi connectivity index (χ3n) is 18.0. The second-order valence-electron chi connectivity index (χ2n) is 26.8. The van der Waals surface area contributed by atoms with Crippen molar-refractivity contribution >= 4 is 93.1 Å². The third kappa shape index (κ3) is 12.3. The summed E-state index contributed by atoms with van der Waals surface area (Å²) in [5, 5.41) is 13.9. The van der Waals surface area contributed by atoms with Crippen molar-refractivity contribution < 1.29 is 47.0 Å². The Morgan fingerprint density at radius 2 is 1.10 bits per heavy atom. The number of hydrogen-bond donors (Lipinski definition) is 6. The number of ether oxygens (including phenoxy) is 2. The number of Topliss-reactive ketones (excluding diaryl/α,β-unsaturated/α-hetero) is 2. The topological polar surface area (TPSA) is 221 Å². The lowest BCUT2D eigenvalue weighted by Crippen LogP contribution is -2.49. The number of nitrogens with one attached hydrogen (secondary N) is 4. The number of anilines is 2. The number of fused-ring (bicyclic) bond motifs is 4. The van der Waals surface area contributed by atoms with Crippen LogP contribution in [0.2, 0.25) is 20.1 Å². The van der Waals surface area contributed by atoms with Crippen molar-refractivity contribution in [2.75, 3.05) is 17.2 Å². The lowest BCUT2D eigenvalue weighted by molar-refractivity contribution is -0.171. The lowest BCUT2D eigenvalue weighted by Gasteiger charge is -2.44. The maximum absolute atomic E-state index is 15.9. The maximum atomic E-state index is 15.9. The average Bonchev–Trinajstić information content (AvgIpc) is 1.61. The second-order valence-corrected chi connectivity index (χ2v) is 28.5. The van der Waals surface area contributed by atoms with Crippen LogP contribution in [-0.2, 0) is 49.1 Å². The first kappa shape index (κ1) is 63.5. The zero-order valence-corrected chi connectivity index (χ0v) is 51.7. The van der Waals surface area contributed by atoms with Crippen LogP contribution >= 0.6 is 46.4 Å². The maximum Gasteiger partial charge on any atom is 0.322 e. The number of benzene rings is 4. The Balaban J connectivity index is 0.000000202. The molecule has 0 radical (unpaired) electrons. The molecular weight excluding hydrogens is 1160 g/mol. The Hall–Kier alpha value is -5.04. The van der Waals surface area contributed by atoms with E-state index < -0.39 is 82.0 Å². The van der Waals surface area contributed by atoms with E-state index in [-0.39, 0.29) is 92.7 Å². The largest absolute Gasteiger partial charge is 0.461 e. The van der Waals surface area contributed by atoms with Gasteiger partial charge in [0.1, 0.15) is 40.2 Å². The van der Waals surface area contributed by atoms with E-state index in [1.165, 1.54) is 12.1 Å². The van der Waals surface area contributed by atoms with Gasteiger partial charge in [0.25, 0.3) is 0 Å². The molecule has 4 fully saturated rings. The molecule has 2 saturated heterocycles. The molecule has 2 aliphatic carbocycles. The predicted molar refractivity (Wildman–Crippen MR) is 322 cm³/mol. The summed E-state index contributed by atoms with van der Waals surface area (Å²) in [6.07, 6.45) is 5.10. The first-order chi connectivity index (χ1) is 39.4. The molecule has 8 N–H and O–H groups in total. The van der Waals surface area contributed by atoms with E-state index in [0.717, 1.165) is 0 Å². The SMILES string of the molecule is CC(C)(C)C[C@H]1N[C@@H](C(=O)CC2CC(C)(OC(=O)CN)C2)[C@H](c2cccc(Cl)c2F)[C@@]12C(=O)Nc1cc(Cl)ccc12.C[C@H](N)C(=O)OC1CCC(CC(=O)[C@@H]2N[C@H](CC(C)(C)C)[C@]3(C(=O)Nc4cc(Cl)ccc43)[C@H]2c2cccc(Cl)c2F)CC1. The molecule has 14 nitrogen and oxygen atoms in total. The van der Waals surface area contributed by atoms with Crippen LogP contribution in [-0.4, -0.2) is 83.8 Å². The highest BCUT2D eigenvalue weighted by Crippen LogP contribution is 2.60. The number of carbonyl (C=O) groups is 6. The van der Waals surface area contributed by atoms with Gasteiger partial charge in [0.2, 0.25) is 11.8 Å². The smallest absolute Gasteiger partial charge is 0.322 e. The molecule has 452 valence electrons. The summed E-state index contributed by atoms with van der Waals surface area (Å²) < 4.78 is 42.8. The standard InChI is InChI=1S/C33H40Cl2FN3O4.C31H36Cl2FN3O4/c1-17(37)30(41)43-20-11-8-18(9-12-20)14-25(40)29-27(21-6-5-7-23(35)28(21)36)33(26(39-29)16-32(2,3)4)22-13-10-19(34)15-24(22)38-31(33)42;1-29(2,3)14-23-31(19-9-8-17(32)11-21(19)36-28(31)40)25(18-6-5-7-20(33)26(18)34)27(37-23)22(38)10-16-12-30(4,13-16)41-24(39)15-35/h5-7,10,13,15,17-18,20,26-27,29,39H,8-9,11-12,14,16,37H2,1-4H3,(H,38,42);5-9,11,16,23,25,27,37H,10,12-15,35H2,1-4H3,(H,36,40)/t17-,18?,20?,26+,27-,29-,33-;16?,23-,25+,27+,30?,31+/m01/s1. The molecule has 2 saturated carbocycles. The van der Waals surface area contributed by atoms with E-state index in [0.29, 0.717) is 83.9 Å². The molecule has 84 heavy (non-hydrogen) atoms. The van der Waals surface area contributed by atoms with Crippen molar-refractivity contribution in [2.24, 2.45) is 34.1 Å². The molecule has 9 atom stereocenters. The predicted octanol–water partition coefficient (Wildman–Crippen LogP) is 11.8. The molecule has 4 aromatic rings. The zero-order chi connectivity index (χ0) is 61.2. The van der Waals surface area contributed by atoms with Crippen molar-refractivity contribution in [3.63, 3.8) is 0 Å². The molecule has 0 bridgehead atoms. The van der Waals surface area contributed by atoms with Gasteiger partial charge in [-0.2, -0.15) is 0 Å². The van der Waals surface area contributed by atoms with E-state index in [1.807, 2.05) is 13.0 Å². The van der Waals surface area contributed by atoms with Crippen LogP contribution in [0.5, 0.6) is 0 Å². The van der Waals surface area contributed by atoms with Crippen LogP contribution in [0.25, 0.3) is 0 Å². The molecule has 4 aromatic carbocycles. The van der Waals surface area contributed by atoms with Crippen LogP contribution in [0.15, 0.2) is 72.8 Å². The summed E-state index contributed by atoms with van der Waals surface area (Å²) in [5.41, 5.74) is 10.3. The molecular formula is C64H76Cl4F2N6O8. The minimum atomic E-state index is -1.29. The number of amides is 2. The Bertz CT molecular complexity index is 3250. The van der Waals surface area contributed by atoms with Crippen LogP contribution in [0.3, 0.4) is 0 Å². The number of carbonyl (C=O) groups excluding carboxylic acids is 6. The first-order valence-corrected chi connectivity index (χ1v) is 30.5. The highest BCUT2D eigenvalue weighted by Gasteiger charge is 2.68. The molecule has 4 aliphatic heterocycles. The minimum absolute atomic E-state index is 0.0224. The molecule has 4 heterocycles.